The van der Waals surface area contributed by atoms with Crippen molar-refractivity contribution >= 4 is 0 Å². The van der Waals surface area contributed by atoms with Gasteiger partial charge in [-0.2, -0.15) is 5.26 Å². The molecule has 0 bridgehead atoms. The lowest BCUT2D eigenvalue weighted by atomic mass is 9.91. The lowest BCUT2D eigenvalue weighted by Crippen LogP contribution is -2.35. The van der Waals surface area contributed by atoms with E-state index in [2.05, 4.69) is 24.4 Å². The van der Waals surface area contributed by atoms with Gasteiger partial charge < -0.3 is 5.32 Å². The van der Waals surface area contributed by atoms with Crippen LogP contribution in [0.2, 0.25) is 0 Å². The van der Waals surface area contributed by atoms with Gasteiger partial charge in [0.2, 0.25) is 0 Å². The van der Waals surface area contributed by atoms with Crippen molar-refractivity contribution < 1.29 is 0 Å². The zero-order valence-corrected chi connectivity index (χ0v) is 8.38. The third-order valence-electron chi connectivity index (χ3n) is 2.85. The number of nitrogens with zero attached hydrogens (tertiary/aromatic N) is 1. The average Bonchev–Trinajstić information content (AvgIpc) is 2.16. The van der Waals surface area contributed by atoms with Crippen molar-refractivity contribution in [1.82, 2.24) is 5.32 Å². The topological polar surface area (TPSA) is 35.8 Å². The molecule has 0 saturated carbocycles. The summed E-state index contributed by atoms with van der Waals surface area (Å²) >= 11 is 0. The van der Waals surface area contributed by atoms with Crippen molar-refractivity contribution in [3.63, 3.8) is 0 Å². The lowest BCUT2D eigenvalue weighted by Gasteiger charge is -2.29. The smallest absolute Gasteiger partial charge is 0.0991 e. The molecule has 1 fully saturated rings. The number of hydrogen-bond donors (Lipinski definition) is 1. The van der Waals surface area contributed by atoms with Crippen molar-refractivity contribution in [1.29, 1.82) is 5.26 Å². The molecule has 2 nitrogen and oxygen atoms in total. The van der Waals surface area contributed by atoms with Gasteiger partial charge in [0, 0.05) is 6.04 Å². The molecule has 1 saturated heterocycles. The number of hydrogen-bond acceptors (Lipinski definition) is 2. The Kier molecular flexibility index (Phi) is 2.51. The summed E-state index contributed by atoms with van der Waals surface area (Å²) in [5, 5.41) is 12.2. The maximum absolute atomic E-state index is 8.79. The second kappa shape index (κ2) is 3.81. The van der Waals surface area contributed by atoms with Crippen LogP contribution in [-0.4, -0.2) is 6.54 Å². The highest BCUT2D eigenvalue weighted by molar-refractivity contribution is 5.40. The van der Waals surface area contributed by atoms with Crippen molar-refractivity contribution in [2.75, 3.05) is 6.54 Å². The SMILES string of the molecule is CCc1cc(C#N)ccc1C1CCN1. The molecule has 14 heavy (non-hydrogen) atoms. The maximum Gasteiger partial charge on any atom is 0.0991 e. The molecule has 1 aliphatic rings. The van der Waals surface area contributed by atoms with Crippen molar-refractivity contribution in [2.24, 2.45) is 0 Å². The lowest BCUT2D eigenvalue weighted by molar-refractivity contribution is 0.381. The molecule has 1 aromatic carbocycles. The van der Waals surface area contributed by atoms with Gasteiger partial charge in [-0.3, -0.25) is 0 Å². The Hall–Kier alpha value is -1.33. The molecule has 1 N–H and O–H groups in total. The molecule has 0 amide bonds. The minimum Gasteiger partial charge on any atom is -0.310 e. The first-order valence-corrected chi connectivity index (χ1v) is 5.11. The Morgan fingerprint density at radius 1 is 1.57 bits per heavy atom. The van der Waals surface area contributed by atoms with Gasteiger partial charge in [-0.15, -0.1) is 0 Å². The Morgan fingerprint density at radius 3 is 2.86 bits per heavy atom. The first kappa shape index (κ1) is 9.23. The van der Waals surface area contributed by atoms with Gasteiger partial charge in [-0.1, -0.05) is 13.0 Å². The van der Waals surface area contributed by atoms with Gasteiger partial charge in [-0.25, -0.2) is 0 Å². The Balaban J connectivity index is 2.35. The quantitative estimate of drug-likeness (QED) is 0.768. The summed E-state index contributed by atoms with van der Waals surface area (Å²) in [6.45, 7) is 3.26. The van der Waals surface area contributed by atoms with Crippen LogP contribution in [-0.2, 0) is 6.42 Å². The summed E-state index contributed by atoms with van der Waals surface area (Å²) in [5.74, 6) is 0. The van der Waals surface area contributed by atoms with E-state index in [4.69, 9.17) is 5.26 Å². The molecule has 1 heterocycles. The van der Waals surface area contributed by atoms with Gasteiger partial charge in [0.15, 0.2) is 0 Å². The van der Waals surface area contributed by atoms with Crippen LogP contribution >= 0.6 is 0 Å². The Bertz CT molecular complexity index is 372. The highest BCUT2D eigenvalue weighted by Crippen LogP contribution is 2.26. The average molecular weight is 186 g/mol. The fourth-order valence-electron chi connectivity index (χ4n) is 1.88. The zero-order valence-electron chi connectivity index (χ0n) is 8.38. The molecular formula is C12H14N2. The molecule has 2 rings (SSSR count). The Labute approximate surface area is 84.6 Å². The molecule has 1 unspecified atom stereocenters. The molecule has 1 aromatic rings. The summed E-state index contributed by atoms with van der Waals surface area (Å²) in [7, 11) is 0. The van der Waals surface area contributed by atoms with Crippen LogP contribution in [0.1, 0.15) is 36.1 Å². The van der Waals surface area contributed by atoms with Crippen LogP contribution in [0.25, 0.3) is 0 Å². The Morgan fingerprint density at radius 2 is 2.36 bits per heavy atom. The number of nitriles is 1. The first-order chi connectivity index (χ1) is 6.85. The third kappa shape index (κ3) is 1.51. The zero-order chi connectivity index (χ0) is 9.97. The van der Waals surface area contributed by atoms with Crippen molar-refractivity contribution in [3.05, 3.63) is 34.9 Å². The van der Waals surface area contributed by atoms with Crippen LogP contribution in [0.4, 0.5) is 0 Å². The van der Waals surface area contributed by atoms with E-state index < -0.39 is 0 Å². The third-order valence-corrected chi connectivity index (χ3v) is 2.85. The van der Waals surface area contributed by atoms with E-state index in [1.807, 2.05) is 12.1 Å². The van der Waals surface area contributed by atoms with Gasteiger partial charge >= 0.3 is 0 Å². The molecule has 0 spiro atoms. The van der Waals surface area contributed by atoms with E-state index >= 15 is 0 Å². The molecule has 0 aliphatic carbocycles. The summed E-state index contributed by atoms with van der Waals surface area (Å²) in [6, 6.07) is 8.72. The van der Waals surface area contributed by atoms with E-state index in [0.29, 0.717) is 6.04 Å². The summed E-state index contributed by atoms with van der Waals surface area (Å²) < 4.78 is 0. The second-order valence-electron chi connectivity index (χ2n) is 3.67. The highest BCUT2D eigenvalue weighted by Gasteiger charge is 2.20. The molecule has 1 atom stereocenters. The fraction of sp³-hybridized carbons (Fsp3) is 0.417. The number of nitrogens with one attached hydrogen (secondary N) is 1. The fourth-order valence-corrected chi connectivity index (χ4v) is 1.88. The predicted octanol–water partition coefficient (Wildman–Crippen LogP) is 2.16. The minimum atomic E-state index is 0.526. The summed E-state index contributed by atoms with van der Waals surface area (Å²) in [6.07, 6.45) is 2.22. The van der Waals surface area contributed by atoms with Crippen molar-refractivity contribution in [2.45, 2.75) is 25.8 Å². The number of rotatable bonds is 2. The van der Waals surface area contributed by atoms with Gasteiger partial charge in [0.05, 0.1) is 11.6 Å². The standard InChI is InChI=1S/C12H14N2/c1-2-10-7-9(8-13)3-4-11(10)12-5-6-14-12/h3-4,7,12,14H,2,5-6H2,1H3. The molecule has 2 heteroatoms. The number of aryl methyl sites for hydroxylation is 1. The maximum atomic E-state index is 8.79. The predicted molar refractivity (Wildman–Crippen MR) is 55.9 cm³/mol. The molecule has 0 aromatic heterocycles. The monoisotopic (exact) mass is 186 g/mol. The highest BCUT2D eigenvalue weighted by atomic mass is 15.0. The van der Waals surface area contributed by atoms with E-state index in [1.165, 1.54) is 17.5 Å². The molecular weight excluding hydrogens is 172 g/mol. The molecule has 0 radical (unpaired) electrons. The van der Waals surface area contributed by atoms with Gasteiger partial charge in [0.1, 0.15) is 0 Å². The molecule has 1 aliphatic heterocycles. The second-order valence-corrected chi connectivity index (χ2v) is 3.67. The summed E-state index contributed by atoms with van der Waals surface area (Å²) in [5.41, 5.74) is 3.45. The first-order valence-electron chi connectivity index (χ1n) is 5.11. The van der Waals surface area contributed by atoms with Crippen LogP contribution in [0.3, 0.4) is 0 Å². The van der Waals surface area contributed by atoms with Crippen molar-refractivity contribution in [3.8, 4) is 6.07 Å². The molecule has 72 valence electrons. The van der Waals surface area contributed by atoms with E-state index in [1.54, 1.807) is 0 Å². The van der Waals surface area contributed by atoms with E-state index in [-0.39, 0.29) is 0 Å². The number of benzene rings is 1. The van der Waals surface area contributed by atoms with E-state index in [9.17, 15) is 0 Å². The van der Waals surface area contributed by atoms with Crippen LogP contribution in [0, 0.1) is 11.3 Å². The van der Waals surface area contributed by atoms with Crippen LogP contribution < -0.4 is 5.32 Å². The van der Waals surface area contributed by atoms with Gasteiger partial charge in [-0.05, 0) is 42.6 Å². The van der Waals surface area contributed by atoms with E-state index in [0.717, 1.165) is 18.5 Å². The minimum absolute atomic E-state index is 0.526. The van der Waals surface area contributed by atoms with Crippen LogP contribution in [0.5, 0.6) is 0 Å². The summed E-state index contributed by atoms with van der Waals surface area (Å²) in [4.78, 5) is 0. The largest absolute Gasteiger partial charge is 0.310 e. The van der Waals surface area contributed by atoms with Crippen LogP contribution in [0.15, 0.2) is 18.2 Å². The van der Waals surface area contributed by atoms with Gasteiger partial charge in [0.25, 0.3) is 0 Å². The normalized spacial score (nSPS) is 19.9.